The van der Waals surface area contributed by atoms with Gasteiger partial charge >= 0.3 is 0 Å². The summed E-state index contributed by atoms with van der Waals surface area (Å²) in [6, 6.07) is 0.371. The third kappa shape index (κ3) is 2.79. The maximum absolute atomic E-state index is 5.28. The molecule has 1 aliphatic rings. The molecule has 0 aliphatic carbocycles. The van der Waals surface area contributed by atoms with Crippen LogP contribution in [0, 0.1) is 0 Å². The summed E-state index contributed by atoms with van der Waals surface area (Å²) < 4.78 is 5.28. The van der Waals surface area contributed by atoms with Crippen LogP contribution in [-0.2, 0) is 4.74 Å². The van der Waals surface area contributed by atoms with Crippen LogP contribution >= 0.6 is 0 Å². The molecule has 1 aromatic rings. The number of rotatable bonds is 4. The fourth-order valence-electron chi connectivity index (χ4n) is 1.56. The smallest absolute Gasteiger partial charge is 0.147 e. The molecule has 0 bridgehead atoms. The SMILES string of the molecule is CCNc1cncc(NC2CCOC2)n1. The zero-order valence-electron chi connectivity index (χ0n) is 8.86. The normalized spacial score (nSPS) is 20.2. The van der Waals surface area contributed by atoms with Crippen molar-refractivity contribution in [2.45, 2.75) is 19.4 Å². The molecule has 1 aromatic heterocycles. The second-order valence-corrected chi connectivity index (χ2v) is 3.52. The van der Waals surface area contributed by atoms with Crippen LogP contribution in [0.15, 0.2) is 12.4 Å². The Bertz CT molecular complexity index is 312. The van der Waals surface area contributed by atoms with Crippen molar-refractivity contribution >= 4 is 11.6 Å². The number of hydrogen-bond donors (Lipinski definition) is 2. The van der Waals surface area contributed by atoms with Gasteiger partial charge in [0.15, 0.2) is 0 Å². The summed E-state index contributed by atoms with van der Waals surface area (Å²) in [6.07, 6.45) is 4.49. The number of ether oxygens (including phenoxy) is 1. The first kappa shape index (κ1) is 10.2. The van der Waals surface area contributed by atoms with Crippen LogP contribution in [0.1, 0.15) is 13.3 Å². The molecule has 15 heavy (non-hydrogen) atoms. The minimum atomic E-state index is 0.371. The molecule has 0 aromatic carbocycles. The Labute approximate surface area is 89.3 Å². The maximum Gasteiger partial charge on any atom is 0.147 e. The van der Waals surface area contributed by atoms with Gasteiger partial charge in [0.25, 0.3) is 0 Å². The molecule has 1 fully saturated rings. The van der Waals surface area contributed by atoms with Gasteiger partial charge in [-0.25, -0.2) is 4.98 Å². The third-order valence-corrected chi connectivity index (χ3v) is 2.27. The molecule has 0 radical (unpaired) electrons. The lowest BCUT2D eigenvalue weighted by molar-refractivity contribution is 0.195. The van der Waals surface area contributed by atoms with Crippen molar-refractivity contribution in [2.75, 3.05) is 30.4 Å². The number of aromatic nitrogens is 2. The minimum absolute atomic E-state index is 0.371. The highest BCUT2D eigenvalue weighted by molar-refractivity contribution is 5.42. The van der Waals surface area contributed by atoms with E-state index in [1.165, 1.54) is 0 Å². The standard InChI is InChI=1S/C10H16N4O/c1-2-12-9-5-11-6-10(14-9)13-8-3-4-15-7-8/h5-6,8H,2-4,7H2,1H3,(H2,12,13,14). The summed E-state index contributed by atoms with van der Waals surface area (Å²) in [5, 5.41) is 6.43. The van der Waals surface area contributed by atoms with Crippen molar-refractivity contribution < 1.29 is 4.74 Å². The average Bonchev–Trinajstić information content (AvgIpc) is 2.71. The van der Waals surface area contributed by atoms with Crippen LogP contribution < -0.4 is 10.6 Å². The molecule has 1 atom stereocenters. The summed E-state index contributed by atoms with van der Waals surface area (Å²) in [7, 11) is 0. The Morgan fingerprint density at radius 1 is 1.47 bits per heavy atom. The van der Waals surface area contributed by atoms with Gasteiger partial charge in [0, 0.05) is 13.2 Å². The van der Waals surface area contributed by atoms with Crippen LogP contribution in [0.3, 0.4) is 0 Å². The van der Waals surface area contributed by atoms with Crippen molar-refractivity contribution in [1.29, 1.82) is 0 Å². The molecule has 5 nitrogen and oxygen atoms in total. The van der Waals surface area contributed by atoms with E-state index in [4.69, 9.17) is 4.74 Å². The molecule has 1 saturated heterocycles. The van der Waals surface area contributed by atoms with Gasteiger partial charge in [-0.15, -0.1) is 0 Å². The maximum atomic E-state index is 5.28. The first-order valence-electron chi connectivity index (χ1n) is 5.28. The molecule has 82 valence electrons. The predicted molar refractivity (Wildman–Crippen MR) is 59.0 cm³/mol. The lowest BCUT2D eigenvalue weighted by Gasteiger charge is -2.11. The molecule has 1 aliphatic heterocycles. The van der Waals surface area contributed by atoms with E-state index in [-0.39, 0.29) is 0 Å². The monoisotopic (exact) mass is 208 g/mol. The number of anilines is 2. The van der Waals surface area contributed by atoms with E-state index in [0.29, 0.717) is 6.04 Å². The molecule has 1 unspecified atom stereocenters. The van der Waals surface area contributed by atoms with Gasteiger partial charge in [0.2, 0.25) is 0 Å². The lowest BCUT2D eigenvalue weighted by Crippen LogP contribution is -2.20. The van der Waals surface area contributed by atoms with E-state index in [1.807, 2.05) is 6.92 Å². The molecule has 5 heteroatoms. The van der Waals surface area contributed by atoms with Gasteiger partial charge in [0.1, 0.15) is 11.6 Å². The van der Waals surface area contributed by atoms with E-state index in [9.17, 15) is 0 Å². The van der Waals surface area contributed by atoms with Gasteiger partial charge < -0.3 is 15.4 Å². The zero-order valence-corrected chi connectivity index (χ0v) is 8.86. The van der Waals surface area contributed by atoms with E-state index in [1.54, 1.807) is 12.4 Å². The van der Waals surface area contributed by atoms with Gasteiger partial charge in [-0.2, -0.15) is 0 Å². The fourth-order valence-corrected chi connectivity index (χ4v) is 1.56. The van der Waals surface area contributed by atoms with Gasteiger partial charge in [-0.3, -0.25) is 4.98 Å². The average molecular weight is 208 g/mol. The molecule has 2 N–H and O–H groups in total. The van der Waals surface area contributed by atoms with E-state index < -0.39 is 0 Å². The summed E-state index contributed by atoms with van der Waals surface area (Å²) in [4.78, 5) is 8.50. The molecule has 0 amide bonds. The molecule has 0 saturated carbocycles. The van der Waals surface area contributed by atoms with Crippen LogP contribution in [0.5, 0.6) is 0 Å². The molecular weight excluding hydrogens is 192 g/mol. The van der Waals surface area contributed by atoms with Crippen LogP contribution in [0.2, 0.25) is 0 Å². The van der Waals surface area contributed by atoms with Crippen molar-refractivity contribution in [3.05, 3.63) is 12.4 Å². The Morgan fingerprint density at radius 2 is 2.33 bits per heavy atom. The van der Waals surface area contributed by atoms with E-state index in [0.717, 1.165) is 37.8 Å². The summed E-state index contributed by atoms with van der Waals surface area (Å²) in [5.41, 5.74) is 0. The molecule has 0 spiro atoms. The highest BCUT2D eigenvalue weighted by Crippen LogP contribution is 2.12. The van der Waals surface area contributed by atoms with Crippen molar-refractivity contribution in [1.82, 2.24) is 9.97 Å². The highest BCUT2D eigenvalue weighted by Gasteiger charge is 2.15. The summed E-state index contributed by atoms with van der Waals surface area (Å²) >= 11 is 0. The van der Waals surface area contributed by atoms with Crippen LogP contribution in [-0.4, -0.2) is 35.8 Å². The first-order valence-corrected chi connectivity index (χ1v) is 5.28. The quantitative estimate of drug-likeness (QED) is 0.776. The Hall–Kier alpha value is -1.36. The van der Waals surface area contributed by atoms with Gasteiger partial charge in [-0.1, -0.05) is 0 Å². The topological polar surface area (TPSA) is 59.1 Å². The number of nitrogens with zero attached hydrogens (tertiary/aromatic N) is 2. The minimum Gasteiger partial charge on any atom is -0.379 e. The second kappa shape index (κ2) is 4.93. The van der Waals surface area contributed by atoms with Crippen LogP contribution in [0.4, 0.5) is 11.6 Å². The van der Waals surface area contributed by atoms with Crippen molar-refractivity contribution in [3.8, 4) is 0 Å². The summed E-state index contributed by atoms with van der Waals surface area (Å²) in [6.45, 7) is 4.47. The highest BCUT2D eigenvalue weighted by atomic mass is 16.5. The molecular formula is C10H16N4O. The van der Waals surface area contributed by atoms with E-state index in [2.05, 4.69) is 20.6 Å². The Morgan fingerprint density at radius 3 is 3.07 bits per heavy atom. The number of nitrogens with one attached hydrogen (secondary N) is 2. The zero-order chi connectivity index (χ0) is 10.5. The third-order valence-electron chi connectivity index (χ3n) is 2.27. The predicted octanol–water partition coefficient (Wildman–Crippen LogP) is 1.11. The van der Waals surface area contributed by atoms with Crippen LogP contribution in [0.25, 0.3) is 0 Å². The fraction of sp³-hybridized carbons (Fsp3) is 0.600. The second-order valence-electron chi connectivity index (χ2n) is 3.52. The molecule has 2 rings (SSSR count). The largest absolute Gasteiger partial charge is 0.379 e. The first-order chi connectivity index (χ1) is 7.38. The Kier molecular flexibility index (Phi) is 3.34. The Balaban J connectivity index is 1.97. The molecule has 2 heterocycles. The van der Waals surface area contributed by atoms with Gasteiger partial charge in [0.05, 0.1) is 25.0 Å². The summed E-state index contributed by atoms with van der Waals surface area (Å²) in [5.74, 6) is 1.62. The lowest BCUT2D eigenvalue weighted by atomic mass is 10.3. The van der Waals surface area contributed by atoms with Crippen molar-refractivity contribution in [2.24, 2.45) is 0 Å². The van der Waals surface area contributed by atoms with E-state index >= 15 is 0 Å². The number of hydrogen-bond acceptors (Lipinski definition) is 5. The van der Waals surface area contributed by atoms with Crippen molar-refractivity contribution in [3.63, 3.8) is 0 Å². The van der Waals surface area contributed by atoms with Gasteiger partial charge in [-0.05, 0) is 13.3 Å².